The number of aromatic nitrogens is 1. The van der Waals surface area contributed by atoms with E-state index in [1.54, 1.807) is 12.3 Å². The number of aryl methyl sites for hydroxylation is 1. The summed E-state index contributed by atoms with van der Waals surface area (Å²) in [7, 11) is 0. The molecule has 0 amide bonds. The largest absolute Gasteiger partial charge is 0.261 e. The summed E-state index contributed by atoms with van der Waals surface area (Å²) in [5.74, 6) is -0.241. The molecule has 1 aromatic heterocycles. The maximum atomic E-state index is 13.6. The summed E-state index contributed by atoms with van der Waals surface area (Å²) in [6.45, 7) is 1.90. The van der Waals surface area contributed by atoms with E-state index in [-0.39, 0.29) is 5.82 Å². The molecule has 0 bridgehead atoms. The Balaban J connectivity index is 2.49. The highest BCUT2D eigenvalue weighted by atomic mass is 79.9. The van der Waals surface area contributed by atoms with Crippen molar-refractivity contribution in [2.45, 2.75) is 6.92 Å². The minimum atomic E-state index is -0.241. The van der Waals surface area contributed by atoms with Gasteiger partial charge in [-0.15, -0.1) is 0 Å². The number of pyridine rings is 1. The third-order valence-corrected chi connectivity index (χ3v) is 2.65. The summed E-state index contributed by atoms with van der Waals surface area (Å²) in [6.07, 6.45) is 1.68. The van der Waals surface area contributed by atoms with Crippen molar-refractivity contribution < 1.29 is 4.39 Å². The van der Waals surface area contributed by atoms with Crippen LogP contribution in [-0.4, -0.2) is 4.98 Å². The zero-order chi connectivity index (χ0) is 10.8. The van der Waals surface area contributed by atoms with Gasteiger partial charge >= 0.3 is 0 Å². The molecule has 0 aliphatic heterocycles. The van der Waals surface area contributed by atoms with Crippen molar-refractivity contribution in [3.63, 3.8) is 0 Å². The molecular weight excluding hydrogens is 257 g/mol. The van der Waals surface area contributed by atoms with Gasteiger partial charge in [0.25, 0.3) is 0 Å². The Morgan fingerprint density at radius 3 is 2.60 bits per heavy atom. The maximum Gasteiger partial charge on any atom is 0.132 e. The predicted octanol–water partition coefficient (Wildman–Crippen LogP) is 3.96. The minimum Gasteiger partial charge on any atom is -0.261 e. The van der Waals surface area contributed by atoms with Crippen LogP contribution in [0.15, 0.2) is 41.0 Å². The van der Waals surface area contributed by atoms with Crippen molar-refractivity contribution in [3.05, 3.63) is 52.5 Å². The van der Waals surface area contributed by atoms with E-state index in [9.17, 15) is 4.39 Å². The standard InChI is InChI=1S/C12H9BrFN/c1-8-2-3-9(7-15-8)11-5-4-10(13)6-12(11)14/h2-7H,1H3. The quantitative estimate of drug-likeness (QED) is 0.761. The summed E-state index contributed by atoms with van der Waals surface area (Å²) in [6, 6.07) is 8.75. The molecule has 0 aliphatic rings. The van der Waals surface area contributed by atoms with Crippen molar-refractivity contribution >= 4 is 15.9 Å². The van der Waals surface area contributed by atoms with E-state index < -0.39 is 0 Å². The summed E-state index contributed by atoms with van der Waals surface area (Å²) in [5.41, 5.74) is 2.30. The number of rotatable bonds is 1. The van der Waals surface area contributed by atoms with Crippen molar-refractivity contribution in [2.75, 3.05) is 0 Å². The van der Waals surface area contributed by atoms with Crippen LogP contribution >= 0.6 is 15.9 Å². The first-order chi connectivity index (χ1) is 7.16. The number of benzene rings is 1. The highest BCUT2D eigenvalue weighted by Crippen LogP contribution is 2.24. The van der Waals surface area contributed by atoms with Crippen molar-refractivity contribution in [2.24, 2.45) is 0 Å². The predicted molar refractivity (Wildman–Crippen MR) is 62.1 cm³/mol. The van der Waals surface area contributed by atoms with Crippen LogP contribution in [0.3, 0.4) is 0 Å². The Bertz CT molecular complexity index is 479. The normalized spacial score (nSPS) is 10.3. The van der Waals surface area contributed by atoms with E-state index in [2.05, 4.69) is 20.9 Å². The van der Waals surface area contributed by atoms with E-state index in [1.807, 2.05) is 25.1 Å². The SMILES string of the molecule is Cc1ccc(-c2ccc(Br)cc2F)cn1. The average molecular weight is 266 g/mol. The second-order valence-electron chi connectivity index (χ2n) is 3.31. The minimum absolute atomic E-state index is 0.241. The van der Waals surface area contributed by atoms with Gasteiger partial charge in [-0.05, 0) is 25.1 Å². The van der Waals surface area contributed by atoms with Crippen LogP contribution in [0.1, 0.15) is 5.69 Å². The molecule has 0 fully saturated rings. The maximum absolute atomic E-state index is 13.6. The highest BCUT2D eigenvalue weighted by Gasteiger charge is 2.05. The number of halogens is 2. The molecule has 1 nitrogen and oxygen atoms in total. The first-order valence-corrected chi connectivity index (χ1v) is 5.34. The second-order valence-corrected chi connectivity index (χ2v) is 4.23. The molecule has 76 valence electrons. The fraction of sp³-hybridized carbons (Fsp3) is 0.0833. The lowest BCUT2D eigenvalue weighted by molar-refractivity contribution is 0.630. The number of hydrogen-bond donors (Lipinski definition) is 0. The lowest BCUT2D eigenvalue weighted by atomic mass is 10.1. The van der Waals surface area contributed by atoms with E-state index >= 15 is 0 Å². The Labute approximate surface area is 96.1 Å². The molecule has 2 aromatic rings. The fourth-order valence-electron chi connectivity index (χ4n) is 1.35. The molecule has 0 aliphatic carbocycles. The smallest absolute Gasteiger partial charge is 0.132 e. The lowest BCUT2D eigenvalue weighted by Crippen LogP contribution is -1.86. The molecule has 0 spiro atoms. The van der Waals surface area contributed by atoms with Gasteiger partial charge in [0.05, 0.1) is 0 Å². The van der Waals surface area contributed by atoms with Gasteiger partial charge in [0.2, 0.25) is 0 Å². The van der Waals surface area contributed by atoms with Crippen LogP contribution in [-0.2, 0) is 0 Å². The van der Waals surface area contributed by atoms with Gasteiger partial charge in [-0.25, -0.2) is 4.39 Å². The molecule has 3 heteroatoms. The average Bonchev–Trinajstić information content (AvgIpc) is 2.20. The monoisotopic (exact) mass is 265 g/mol. The second kappa shape index (κ2) is 4.11. The first kappa shape index (κ1) is 10.3. The summed E-state index contributed by atoms with van der Waals surface area (Å²) in [5, 5.41) is 0. The summed E-state index contributed by atoms with van der Waals surface area (Å²) < 4.78 is 14.3. The Morgan fingerprint density at radius 2 is 2.00 bits per heavy atom. The van der Waals surface area contributed by atoms with Crippen LogP contribution in [0.4, 0.5) is 4.39 Å². The molecule has 0 atom stereocenters. The van der Waals surface area contributed by atoms with Gasteiger partial charge in [0.1, 0.15) is 5.82 Å². The molecule has 0 saturated carbocycles. The Morgan fingerprint density at radius 1 is 1.20 bits per heavy atom. The van der Waals surface area contributed by atoms with E-state index in [1.165, 1.54) is 6.07 Å². The number of nitrogens with zero attached hydrogens (tertiary/aromatic N) is 1. The highest BCUT2D eigenvalue weighted by molar-refractivity contribution is 9.10. The molecule has 0 radical (unpaired) electrons. The third-order valence-electron chi connectivity index (χ3n) is 2.15. The molecule has 1 aromatic carbocycles. The van der Waals surface area contributed by atoms with Crippen LogP contribution in [0, 0.1) is 12.7 Å². The molecule has 0 saturated heterocycles. The summed E-state index contributed by atoms with van der Waals surface area (Å²) in [4.78, 5) is 4.14. The van der Waals surface area contributed by atoms with E-state index in [4.69, 9.17) is 0 Å². The van der Waals surface area contributed by atoms with Gasteiger partial charge in [-0.2, -0.15) is 0 Å². The van der Waals surface area contributed by atoms with Gasteiger partial charge in [0.15, 0.2) is 0 Å². The van der Waals surface area contributed by atoms with Crippen molar-refractivity contribution in [1.29, 1.82) is 0 Å². The first-order valence-electron chi connectivity index (χ1n) is 4.55. The third kappa shape index (κ3) is 2.23. The molecular formula is C12H9BrFN. The van der Waals surface area contributed by atoms with Crippen LogP contribution in [0.25, 0.3) is 11.1 Å². The van der Waals surface area contributed by atoms with Crippen LogP contribution in [0.5, 0.6) is 0 Å². The van der Waals surface area contributed by atoms with E-state index in [0.29, 0.717) is 5.56 Å². The molecule has 0 unspecified atom stereocenters. The zero-order valence-corrected chi connectivity index (χ0v) is 9.75. The van der Waals surface area contributed by atoms with Gasteiger partial charge in [-0.3, -0.25) is 4.98 Å². The van der Waals surface area contributed by atoms with Gasteiger partial charge in [0, 0.05) is 27.5 Å². The molecule has 0 N–H and O–H groups in total. The van der Waals surface area contributed by atoms with Crippen LogP contribution in [0.2, 0.25) is 0 Å². The number of hydrogen-bond acceptors (Lipinski definition) is 1. The molecule has 15 heavy (non-hydrogen) atoms. The molecule has 2 rings (SSSR count). The van der Waals surface area contributed by atoms with Crippen molar-refractivity contribution in [3.8, 4) is 11.1 Å². The molecule has 1 heterocycles. The topological polar surface area (TPSA) is 12.9 Å². The van der Waals surface area contributed by atoms with E-state index in [0.717, 1.165) is 15.7 Å². The van der Waals surface area contributed by atoms with Crippen LogP contribution < -0.4 is 0 Å². The van der Waals surface area contributed by atoms with Crippen molar-refractivity contribution in [1.82, 2.24) is 4.98 Å². The van der Waals surface area contributed by atoms with Gasteiger partial charge in [-0.1, -0.05) is 28.1 Å². The lowest BCUT2D eigenvalue weighted by Gasteiger charge is -2.03. The Hall–Kier alpha value is -1.22. The Kier molecular flexibility index (Phi) is 2.82. The zero-order valence-electron chi connectivity index (χ0n) is 8.17. The van der Waals surface area contributed by atoms with Gasteiger partial charge < -0.3 is 0 Å². The fourth-order valence-corrected chi connectivity index (χ4v) is 1.68. The summed E-state index contributed by atoms with van der Waals surface area (Å²) >= 11 is 3.22.